The average Bonchev–Trinajstić information content (AvgIpc) is 2.51. The largest absolute Gasteiger partial charge is 0.333 e. The Morgan fingerprint density at radius 3 is 2.29 bits per heavy atom. The first kappa shape index (κ1) is 9.71. The van der Waals surface area contributed by atoms with Gasteiger partial charge < -0.3 is 10.3 Å². The SMILES string of the molecule is CC1(C)C(n2cnc(CN)c2)C1(C)C. The van der Waals surface area contributed by atoms with E-state index in [4.69, 9.17) is 5.73 Å². The van der Waals surface area contributed by atoms with Gasteiger partial charge in [0.2, 0.25) is 0 Å². The zero-order chi connectivity index (χ0) is 10.6. The first-order valence-electron chi connectivity index (χ1n) is 5.13. The fourth-order valence-electron chi connectivity index (χ4n) is 2.53. The van der Waals surface area contributed by atoms with E-state index in [0.717, 1.165) is 5.69 Å². The highest BCUT2D eigenvalue weighted by atomic mass is 15.1. The van der Waals surface area contributed by atoms with Gasteiger partial charge in [0.05, 0.1) is 12.0 Å². The molecule has 0 amide bonds. The molecule has 1 saturated carbocycles. The van der Waals surface area contributed by atoms with Crippen LogP contribution in [0.1, 0.15) is 39.4 Å². The molecule has 3 heteroatoms. The van der Waals surface area contributed by atoms with Crippen LogP contribution in [0.3, 0.4) is 0 Å². The molecule has 1 fully saturated rings. The standard InChI is InChI=1S/C11H19N3/c1-10(2)9(11(10,3)4)14-6-8(5-12)13-7-14/h6-7,9H,5,12H2,1-4H3. The monoisotopic (exact) mass is 193 g/mol. The van der Waals surface area contributed by atoms with Gasteiger partial charge in [-0.15, -0.1) is 0 Å². The van der Waals surface area contributed by atoms with Gasteiger partial charge in [-0.1, -0.05) is 27.7 Å². The number of hydrogen-bond acceptors (Lipinski definition) is 2. The zero-order valence-electron chi connectivity index (χ0n) is 9.41. The van der Waals surface area contributed by atoms with E-state index in [1.54, 1.807) is 0 Å². The lowest BCUT2D eigenvalue weighted by atomic mass is 10.0. The number of aromatic nitrogens is 2. The third-order valence-electron chi connectivity index (χ3n) is 4.11. The van der Waals surface area contributed by atoms with Gasteiger partial charge in [0.15, 0.2) is 0 Å². The summed E-state index contributed by atoms with van der Waals surface area (Å²) in [4.78, 5) is 4.26. The second-order valence-corrected chi connectivity index (χ2v) is 5.36. The fraction of sp³-hybridized carbons (Fsp3) is 0.727. The molecule has 14 heavy (non-hydrogen) atoms. The summed E-state index contributed by atoms with van der Waals surface area (Å²) in [7, 11) is 0. The highest BCUT2D eigenvalue weighted by Gasteiger charge is 2.65. The average molecular weight is 193 g/mol. The predicted octanol–water partition coefficient (Wildman–Crippen LogP) is 1.95. The Bertz CT molecular complexity index is 335. The van der Waals surface area contributed by atoms with Crippen LogP contribution in [-0.2, 0) is 6.54 Å². The van der Waals surface area contributed by atoms with E-state index in [9.17, 15) is 0 Å². The first-order valence-corrected chi connectivity index (χ1v) is 5.13. The van der Waals surface area contributed by atoms with Crippen molar-refractivity contribution in [2.75, 3.05) is 0 Å². The minimum absolute atomic E-state index is 0.361. The van der Waals surface area contributed by atoms with Crippen LogP contribution in [0.5, 0.6) is 0 Å². The Labute approximate surface area is 85.3 Å². The van der Waals surface area contributed by atoms with E-state index in [-0.39, 0.29) is 0 Å². The van der Waals surface area contributed by atoms with Crippen molar-refractivity contribution in [2.24, 2.45) is 16.6 Å². The van der Waals surface area contributed by atoms with Gasteiger partial charge in [0.25, 0.3) is 0 Å². The Hall–Kier alpha value is -0.830. The molecule has 0 bridgehead atoms. The molecule has 2 N–H and O–H groups in total. The second-order valence-electron chi connectivity index (χ2n) is 5.36. The summed E-state index contributed by atoms with van der Waals surface area (Å²) in [6.07, 6.45) is 3.98. The molecule has 1 aromatic heterocycles. The Kier molecular flexibility index (Phi) is 1.80. The summed E-state index contributed by atoms with van der Waals surface area (Å²) >= 11 is 0. The van der Waals surface area contributed by atoms with Crippen molar-refractivity contribution in [1.29, 1.82) is 0 Å². The Morgan fingerprint density at radius 2 is 1.93 bits per heavy atom. The van der Waals surface area contributed by atoms with E-state index < -0.39 is 0 Å². The number of nitrogens with two attached hydrogens (primary N) is 1. The number of nitrogens with zero attached hydrogens (tertiary/aromatic N) is 2. The van der Waals surface area contributed by atoms with Crippen LogP contribution in [0.25, 0.3) is 0 Å². The van der Waals surface area contributed by atoms with Crippen LogP contribution in [0.4, 0.5) is 0 Å². The first-order chi connectivity index (χ1) is 6.41. The van der Waals surface area contributed by atoms with E-state index in [1.807, 2.05) is 6.33 Å². The summed E-state index contributed by atoms with van der Waals surface area (Å²) in [6.45, 7) is 9.75. The van der Waals surface area contributed by atoms with Crippen LogP contribution < -0.4 is 5.73 Å². The van der Waals surface area contributed by atoms with E-state index >= 15 is 0 Å². The zero-order valence-corrected chi connectivity index (χ0v) is 9.41. The molecule has 0 atom stereocenters. The highest BCUT2D eigenvalue weighted by molar-refractivity contribution is 5.17. The van der Waals surface area contributed by atoms with Crippen molar-refractivity contribution in [3.8, 4) is 0 Å². The van der Waals surface area contributed by atoms with E-state index in [1.165, 1.54) is 0 Å². The van der Waals surface area contributed by atoms with Gasteiger partial charge >= 0.3 is 0 Å². The third kappa shape index (κ3) is 1.05. The van der Waals surface area contributed by atoms with Crippen molar-refractivity contribution in [3.05, 3.63) is 18.2 Å². The van der Waals surface area contributed by atoms with Gasteiger partial charge in [0, 0.05) is 18.8 Å². The molecule has 78 valence electrons. The van der Waals surface area contributed by atoms with Crippen molar-refractivity contribution < 1.29 is 0 Å². The lowest BCUT2D eigenvalue weighted by molar-refractivity contribution is 0.457. The molecule has 0 spiro atoms. The molecule has 0 unspecified atom stereocenters. The number of rotatable bonds is 2. The fourth-order valence-corrected chi connectivity index (χ4v) is 2.53. The molecule has 1 aliphatic carbocycles. The van der Waals surface area contributed by atoms with Crippen LogP contribution in [0.2, 0.25) is 0 Å². The van der Waals surface area contributed by atoms with Crippen LogP contribution >= 0.6 is 0 Å². The van der Waals surface area contributed by atoms with Gasteiger partial charge in [-0.3, -0.25) is 0 Å². The van der Waals surface area contributed by atoms with Crippen LogP contribution in [0.15, 0.2) is 12.5 Å². The highest BCUT2D eigenvalue weighted by Crippen LogP contribution is 2.71. The molecule has 3 nitrogen and oxygen atoms in total. The van der Waals surface area contributed by atoms with Gasteiger partial charge in [-0.2, -0.15) is 0 Å². The van der Waals surface area contributed by atoms with Crippen LogP contribution in [-0.4, -0.2) is 9.55 Å². The molecule has 0 aromatic carbocycles. The minimum Gasteiger partial charge on any atom is -0.333 e. The van der Waals surface area contributed by atoms with Crippen molar-refractivity contribution in [2.45, 2.75) is 40.3 Å². The Balaban J connectivity index is 2.27. The lowest BCUT2D eigenvalue weighted by Crippen LogP contribution is -1.98. The summed E-state index contributed by atoms with van der Waals surface area (Å²) < 4.78 is 2.21. The molecule has 1 heterocycles. The number of hydrogen-bond donors (Lipinski definition) is 1. The normalized spacial score (nSPS) is 23.8. The minimum atomic E-state index is 0.361. The van der Waals surface area contributed by atoms with Crippen LogP contribution in [0, 0.1) is 10.8 Å². The summed E-state index contributed by atoms with van der Waals surface area (Å²) in [6, 6.07) is 0.558. The van der Waals surface area contributed by atoms with Crippen molar-refractivity contribution in [1.82, 2.24) is 9.55 Å². The Morgan fingerprint density at radius 1 is 1.36 bits per heavy atom. The quantitative estimate of drug-likeness (QED) is 0.780. The second kappa shape index (κ2) is 2.60. The molecule has 2 rings (SSSR count). The summed E-state index contributed by atoms with van der Waals surface area (Å²) in [5.41, 5.74) is 7.24. The summed E-state index contributed by atoms with van der Waals surface area (Å²) in [5, 5.41) is 0. The molecule has 1 aliphatic rings. The maximum absolute atomic E-state index is 5.54. The molecule has 0 radical (unpaired) electrons. The van der Waals surface area contributed by atoms with E-state index in [2.05, 4.69) is 43.4 Å². The molecular formula is C11H19N3. The number of imidazole rings is 1. The maximum Gasteiger partial charge on any atom is 0.0952 e. The van der Waals surface area contributed by atoms with Crippen molar-refractivity contribution >= 4 is 0 Å². The van der Waals surface area contributed by atoms with E-state index in [0.29, 0.717) is 23.4 Å². The van der Waals surface area contributed by atoms with Gasteiger partial charge in [-0.25, -0.2) is 4.98 Å². The molecule has 0 saturated heterocycles. The van der Waals surface area contributed by atoms with Gasteiger partial charge in [-0.05, 0) is 10.8 Å². The molecular weight excluding hydrogens is 174 g/mol. The van der Waals surface area contributed by atoms with Crippen molar-refractivity contribution in [3.63, 3.8) is 0 Å². The molecule has 0 aliphatic heterocycles. The summed E-state index contributed by atoms with van der Waals surface area (Å²) in [5.74, 6) is 0. The third-order valence-corrected chi connectivity index (χ3v) is 4.11. The molecule has 1 aromatic rings. The lowest BCUT2D eigenvalue weighted by Gasteiger charge is -2.02. The topological polar surface area (TPSA) is 43.8 Å². The van der Waals surface area contributed by atoms with Gasteiger partial charge in [0.1, 0.15) is 0 Å². The smallest absolute Gasteiger partial charge is 0.0952 e. The maximum atomic E-state index is 5.54. The predicted molar refractivity (Wildman–Crippen MR) is 56.7 cm³/mol.